The quantitative estimate of drug-likeness (QED) is 0.433. The number of rotatable bonds is 7. The van der Waals surface area contributed by atoms with E-state index in [9.17, 15) is 15.3 Å². The van der Waals surface area contributed by atoms with E-state index in [2.05, 4.69) is 19.2 Å². The second-order valence-electron chi connectivity index (χ2n) is 8.40. The zero-order valence-corrected chi connectivity index (χ0v) is 16.9. The summed E-state index contributed by atoms with van der Waals surface area (Å²) in [5.74, 6) is -0.0850. The molecule has 0 bridgehead atoms. The van der Waals surface area contributed by atoms with E-state index >= 15 is 0 Å². The van der Waals surface area contributed by atoms with Gasteiger partial charge in [0.25, 0.3) is 0 Å². The molecule has 0 heterocycles. The van der Waals surface area contributed by atoms with Gasteiger partial charge >= 0.3 is 0 Å². The number of benzene rings is 1. The second kappa shape index (κ2) is 7.98. The van der Waals surface area contributed by atoms with Crippen LogP contribution < -0.4 is 5.32 Å². The molecule has 4 atom stereocenters. The highest BCUT2D eigenvalue weighted by Crippen LogP contribution is 2.60. The van der Waals surface area contributed by atoms with Gasteiger partial charge < -0.3 is 25.4 Å². The first-order valence-electron chi connectivity index (χ1n) is 10.5. The Bertz CT molecular complexity index is 664. The molecule has 0 radical (unpaired) electrons. The van der Waals surface area contributed by atoms with Gasteiger partial charge in [0, 0.05) is 17.6 Å². The van der Waals surface area contributed by atoms with Gasteiger partial charge in [-0.15, -0.1) is 0 Å². The maximum atomic E-state index is 11.9. The molecule has 2 aliphatic rings. The minimum Gasteiger partial charge on any atom is -0.504 e. The van der Waals surface area contributed by atoms with Crippen molar-refractivity contribution in [3.63, 3.8) is 0 Å². The van der Waals surface area contributed by atoms with Crippen molar-refractivity contribution in [2.75, 3.05) is 19.7 Å². The summed E-state index contributed by atoms with van der Waals surface area (Å²) in [5, 5.41) is 36.5. The number of hydrogen-bond donors (Lipinski definition) is 4. The van der Waals surface area contributed by atoms with Gasteiger partial charge in [0.15, 0.2) is 11.5 Å². The lowest BCUT2D eigenvalue weighted by molar-refractivity contribution is -0.151. The van der Waals surface area contributed by atoms with Crippen LogP contribution >= 0.6 is 0 Å². The van der Waals surface area contributed by atoms with Crippen LogP contribution in [0.25, 0.3) is 0 Å². The lowest BCUT2D eigenvalue weighted by Gasteiger charge is -2.59. The van der Waals surface area contributed by atoms with Crippen LogP contribution in [-0.4, -0.2) is 46.7 Å². The molecule has 1 aromatic rings. The predicted molar refractivity (Wildman–Crippen MR) is 106 cm³/mol. The minimum absolute atomic E-state index is 0.0568. The Morgan fingerprint density at radius 2 is 2.00 bits per heavy atom. The molecule has 5 nitrogen and oxygen atoms in total. The highest BCUT2D eigenvalue weighted by atomic mass is 16.5. The van der Waals surface area contributed by atoms with E-state index < -0.39 is 11.0 Å². The van der Waals surface area contributed by atoms with Crippen molar-refractivity contribution in [1.29, 1.82) is 0 Å². The summed E-state index contributed by atoms with van der Waals surface area (Å²) in [6.07, 6.45) is 4.68. The third-order valence-corrected chi connectivity index (χ3v) is 6.87. The van der Waals surface area contributed by atoms with Gasteiger partial charge in [-0.2, -0.15) is 0 Å². The fraction of sp³-hybridized carbons (Fsp3) is 0.727. The number of fused-ring (bicyclic) bond motifs is 3. The third-order valence-electron chi connectivity index (χ3n) is 6.87. The normalized spacial score (nSPS) is 32.7. The molecular weight excluding hydrogens is 342 g/mol. The third kappa shape index (κ3) is 3.34. The van der Waals surface area contributed by atoms with E-state index in [0.717, 1.165) is 37.1 Å². The predicted octanol–water partition coefficient (Wildman–Crippen LogP) is 3.24. The van der Waals surface area contributed by atoms with Crippen molar-refractivity contribution in [3.05, 3.63) is 23.3 Å². The maximum Gasteiger partial charge on any atom is 0.161 e. The fourth-order valence-corrected chi connectivity index (χ4v) is 5.57. The summed E-state index contributed by atoms with van der Waals surface area (Å²) >= 11 is 0. The van der Waals surface area contributed by atoms with Gasteiger partial charge in [-0.05, 0) is 76.1 Å². The molecule has 0 aromatic heterocycles. The minimum atomic E-state index is -0.910. The molecule has 0 aliphatic heterocycles. The molecule has 0 unspecified atom stereocenters. The molecule has 2 aliphatic carbocycles. The van der Waals surface area contributed by atoms with E-state index in [4.69, 9.17) is 4.74 Å². The lowest BCUT2D eigenvalue weighted by atomic mass is 9.49. The van der Waals surface area contributed by atoms with Crippen molar-refractivity contribution in [1.82, 2.24) is 5.32 Å². The summed E-state index contributed by atoms with van der Waals surface area (Å²) in [4.78, 5) is 0. The Kier molecular flexibility index (Phi) is 6.04. The van der Waals surface area contributed by atoms with E-state index in [1.807, 2.05) is 13.0 Å². The average molecular weight is 378 g/mol. The van der Waals surface area contributed by atoms with E-state index in [-0.39, 0.29) is 23.5 Å². The van der Waals surface area contributed by atoms with Crippen molar-refractivity contribution in [2.24, 2.45) is 5.92 Å². The number of phenolic OH excluding ortho intramolecular Hbond substituents is 2. The Morgan fingerprint density at radius 3 is 2.70 bits per heavy atom. The summed E-state index contributed by atoms with van der Waals surface area (Å²) in [7, 11) is 0. The van der Waals surface area contributed by atoms with Crippen molar-refractivity contribution in [2.45, 2.75) is 76.4 Å². The molecule has 1 aromatic carbocycles. The van der Waals surface area contributed by atoms with Crippen LogP contribution in [-0.2, 0) is 16.6 Å². The Balaban J connectivity index is 2.11. The summed E-state index contributed by atoms with van der Waals surface area (Å²) in [5.41, 5.74) is 0.245. The summed E-state index contributed by atoms with van der Waals surface area (Å²) < 4.78 is 5.97. The van der Waals surface area contributed by atoms with Gasteiger partial charge in [-0.3, -0.25) is 0 Å². The Labute approximate surface area is 162 Å². The van der Waals surface area contributed by atoms with Crippen LogP contribution in [0.15, 0.2) is 12.1 Å². The van der Waals surface area contributed by atoms with E-state index in [1.165, 1.54) is 0 Å². The monoisotopic (exact) mass is 377 g/mol. The van der Waals surface area contributed by atoms with Crippen LogP contribution in [0.5, 0.6) is 11.5 Å². The van der Waals surface area contributed by atoms with Gasteiger partial charge in [0.05, 0.1) is 11.7 Å². The van der Waals surface area contributed by atoms with Crippen LogP contribution in [0.2, 0.25) is 0 Å². The van der Waals surface area contributed by atoms with Gasteiger partial charge in [-0.1, -0.05) is 19.9 Å². The highest BCUT2D eigenvalue weighted by Gasteiger charge is 2.61. The molecule has 1 fully saturated rings. The molecule has 4 N–H and O–H groups in total. The number of hydrogen-bond acceptors (Lipinski definition) is 5. The molecule has 152 valence electrons. The van der Waals surface area contributed by atoms with Crippen LogP contribution in [0, 0.1) is 5.92 Å². The molecule has 0 amide bonds. The number of ether oxygens (including phenoxy) is 1. The van der Waals surface area contributed by atoms with Crippen LogP contribution in [0.4, 0.5) is 0 Å². The molecule has 0 spiro atoms. The molecule has 0 saturated heterocycles. The Hall–Kier alpha value is -1.30. The van der Waals surface area contributed by atoms with Gasteiger partial charge in [0.2, 0.25) is 0 Å². The smallest absolute Gasteiger partial charge is 0.161 e. The first kappa shape index (κ1) is 20.4. The fourth-order valence-electron chi connectivity index (χ4n) is 5.57. The van der Waals surface area contributed by atoms with Gasteiger partial charge in [-0.25, -0.2) is 0 Å². The molecular formula is C22H35NO4. The van der Waals surface area contributed by atoms with Gasteiger partial charge in [0.1, 0.15) is 0 Å². The molecule has 1 saturated carbocycles. The summed E-state index contributed by atoms with van der Waals surface area (Å²) in [6.45, 7) is 8.57. The van der Waals surface area contributed by atoms with E-state index in [1.54, 1.807) is 6.07 Å². The lowest BCUT2D eigenvalue weighted by Crippen LogP contribution is -2.63. The largest absolute Gasteiger partial charge is 0.504 e. The first-order chi connectivity index (χ1) is 12.9. The van der Waals surface area contributed by atoms with E-state index in [0.29, 0.717) is 32.3 Å². The SMILES string of the molecule is CCCNCC[C@]12C[C@H](OCC)CC[C@@]1(O)[C@H](C)Cc1ccc(O)c(O)c12. The molecule has 5 heteroatoms. The number of aromatic hydroxyl groups is 2. The first-order valence-corrected chi connectivity index (χ1v) is 10.5. The Morgan fingerprint density at radius 1 is 1.22 bits per heavy atom. The zero-order chi connectivity index (χ0) is 19.7. The zero-order valence-electron chi connectivity index (χ0n) is 16.9. The maximum absolute atomic E-state index is 11.9. The van der Waals surface area contributed by atoms with Crippen LogP contribution in [0.3, 0.4) is 0 Å². The number of aliphatic hydroxyl groups is 1. The molecule has 3 rings (SSSR count). The second-order valence-corrected chi connectivity index (χ2v) is 8.40. The number of nitrogens with one attached hydrogen (secondary N) is 1. The molecule has 27 heavy (non-hydrogen) atoms. The van der Waals surface area contributed by atoms with Crippen molar-refractivity contribution >= 4 is 0 Å². The number of phenols is 2. The van der Waals surface area contributed by atoms with Crippen LogP contribution in [0.1, 0.15) is 64.0 Å². The average Bonchev–Trinajstić information content (AvgIpc) is 2.64. The summed E-state index contributed by atoms with van der Waals surface area (Å²) in [6, 6.07) is 3.48. The highest BCUT2D eigenvalue weighted by molar-refractivity contribution is 5.56. The van der Waals surface area contributed by atoms with Crippen molar-refractivity contribution in [3.8, 4) is 11.5 Å². The van der Waals surface area contributed by atoms with Crippen molar-refractivity contribution < 1.29 is 20.1 Å². The standard InChI is InChI=1S/C22H35NO4/c1-4-11-23-12-10-21-14-17(27-5-2)8-9-22(21,26)15(3)13-16-6-7-18(24)20(25)19(16)21/h6-7,15,17,23-26H,4-5,8-14H2,1-3H3/t15-,17-,21-,22-/m1/s1. The topological polar surface area (TPSA) is 82.0 Å².